The summed E-state index contributed by atoms with van der Waals surface area (Å²) in [5.41, 5.74) is 0.990. The lowest BCUT2D eigenvalue weighted by Gasteiger charge is -2.13. The quantitative estimate of drug-likeness (QED) is 0.448. The summed E-state index contributed by atoms with van der Waals surface area (Å²) in [6.07, 6.45) is 6.86. The molecule has 5 nitrogen and oxygen atoms in total. The van der Waals surface area contributed by atoms with E-state index in [0.717, 1.165) is 42.4 Å². The van der Waals surface area contributed by atoms with Crippen LogP contribution in [0.3, 0.4) is 0 Å². The number of aromatic nitrogens is 3. The van der Waals surface area contributed by atoms with Crippen molar-refractivity contribution in [3.05, 3.63) is 29.3 Å². The van der Waals surface area contributed by atoms with Crippen LogP contribution in [-0.2, 0) is 11.3 Å². The lowest BCUT2D eigenvalue weighted by molar-refractivity contribution is -0.120. The molecule has 146 valence electrons. The van der Waals surface area contributed by atoms with Crippen LogP contribution in [-0.4, -0.2) is 32.0 Å². The first-order chi connectivity index (χ1) is 13.1. The third kappa shape index (κ3) is 5.72. The van der Waals surface area contributed by atoms with Gasteiger partial charge in [0.25, 0.3) is 0 Å². The molecule has 1 heterocycles. The fourth-order valence-corrected chi connectivity index (χ4v) is 3.85. The summed E-state index contributed by atoms with van der Waals surface area (Å²) in [7, 11) is 0. The van der Waals surface area contributed by atoms with Crippen molar-refractivity contribution < 1.29 is 4.79 Å². The fraction of sp³-hybridized carbons (Fsp3) is 0.550. The topological polar surface area (TPSA) is 59.8 Å². The van der Waals surface area contributed by atoms with E-state index in [0.29, 0.717) is 11.1 Å². The van der Waals surface area contributed by atoms with Crippen molar-refractivity contribution in [2.75, 3.05) is 0 Å². The van der Waals surface area contributed by atoms with Crippen molar-refractivity contribution in [2.45, 2.75) is 75.4 Å². The average Bonchev–Trinajstić information content (AvgIpc) is 3.39. The van der Waals surface area contributed by atoms with Gasteiger partial charge in [-0.25, -0.2) is 0 Å². The molecule has 0 spiro atoms. The van der Waals surface area contributed by atoms with E-state index in [4.69, 9.17) is 11.6 Å². The summed E-state index contributed by atoms with van der Waals surface area (Å²) in [6.45, 7) is 4.99. The Kier molecular flexibility index (Phi) is 7.19. The molecule has 3 rings (SSSR count). The van der Waals surface area contributed by atoms with Gasteiger partial charge in [0, 0.05) is 23.2 Å². The number of hydrogen-bond acceptors (Lipinski definition) is 4. The number of unbranched alkanes of at least 4 members (excludes halogenated alkanes) is 3. The Balaban J connectivity index is 1.76. The number of nitrogens with one attached hydrogen (secondary N) is 1. The summed E-state index contributed by atoms with van der Waals surface area (Å²) >= 11 is 7.50. The first-order valence-corrected chi connectivity index (χ1v) is 11.0. The number of benzene rings is 1. The van der Waals surface area contributed by atoms with Crippen LogP contribution in [0.1, 0.15) is 52.4 Å². The number of halogens is 1. The highest BCUT2D eigenvalue weighted by atomic mass is 35.5. The minimum atomic E-state index is -0.192. The maximum atomic E-state index is 12.3. The van der Waals surface area contributed by atoms with Gasteiger partial charge in [-0.15, -0.1) is 10.2 Å². The van der Waals surface area contributed by atoms with Gasteiger partial charge in [-0.3, -0.25) is 4.79 Å². The number of amides is 1. The van der Waals surface area contributed by atoms with Crippen molar-refractivity contribution in [1.29, 1.82) is 0 Å². The molecule has 1 N–H and O–H groups in total. The monoisotopic (exact) mass is 406 g/mol. The molecule has 0 bridgehead atoms. The van der Waals surface area contributed by atoms with Crippen molar-refractivity contribution in [3.63, 3.8) is 0 Å². The lowest BCUT2D eigenvalue weighted by Crippen LogP contribution is -2.32. The van der Waals surface area contributed by atoms with Crippen molar-refractivity contribution in [3.8, 4) is 11.4 Å². The number of thioether (sulfide) groups is 1. The van der Waals surface area contributed by atoms with E-state index in [-0.39, 0.29) is 11.2 Å². The number of hydrogen-bond donors (Lipinski definition) is 1. The maximum absolute atomic E-state index is 12.3. The molecule has 0 aliphatic heterocycles. The fourth-order valence-electron chi connectivity index (χ4n) is 2.84. The molecule has 0 saturated heterocycles. The van der Waals surface area contributed by atoms with Gasteiger partial charge in [0.05, 0.1) is 5.25 Å². The van der Waals surface area contributed by atoms with Crippen LogP contribution in [0.5, 0.6) is 0 Å². The molecule has 1 aromatic heterocycles. The first kappa shape index (κ1) is 20.2. The van der Waals surface area contributed by atoms with Crippen LogP contribution in [0, 0.1) is 0 Å². The SMILES string of the molecule is CCCCCCn1c(SC(C)C(=O)NC2CC2)nnc1-c1ccc(Cl)cc1. The van der Waals surface area contributed by atoms with Crippen LogP contribution in [0.15, 0.2) is 29.4 Å². The van der Waals surface area contributed by atoms with Crippen molar-refractivity contribution in [1.82, 2.24) is 20.1 Å². The molecule has 1 atom stereocenters. The molecule has 27 heavy (non-hydrogen) atoms. The Labute approximate surface area is 170 Å². The van der Waals surface area contributed by atoms with Crippen LogP contribution >= 0.6 is 23.4 Å². The third-order valence-electron chi connectivity index (χ3n) is 4.63. The molecule has 1 unspecified atom stereocenters. The molecule has 1 saturated carbocycles. The molecule has 7 heteroatoms. The second-order valence-corrected chi connectivity index (χ2v) is 8.81. The zero-order valence-electron chi connectivity index (χ0n) is 15.9. The Bertz CT molecular complexity index is 758. The molecule has 1 amide bonds. The van der Waals surface area contributed by atoms with Crippen LogP contribution in [0.25, 0.3) is 11.4 Å². The Morgan fingerprint density at radius 1 is 1.26 bits per heavy atom. The predicted octanol–water partition coefficient (Wildman–Crippen LogP) is 4.94. The highest BCUT2D eigenvalue weighted by Crippen LogP contribution is 2.29. The largest absolute Gasteiger partial charge is 0.352 e. The third-order valence-corrected chi connectivity index (χ3v) is 5.96. The Hall–Kier alpha value is -1.53. The maximum Gasteiger partial charge on any atom is 0.233 e. The van der Waals surface area contributed by atoms with Gasteiger partial charge >= 0.3 is 0 Å². The molecule has 1 aliphatic carbocycles. The van der Waals surface area contributed by atoms with Gasteiger partial charge in [0.2, 0.25) is 5.91 Å². The number of rotatable bonds is 10. The van der Waals surface area contributed by atoms with Crippen LogP contribution in [0.4, 0.5) is 0 Å². The van der Waals surface area contributed by atoms with Gasteiger partial charge in [0.15, 0.2) is 11.0 Å². The Morgan fingerprint density at radius 3 is 2.67 bits per heavy atom. The van der Waals surface area contributed by atoms with Crippen LogP contribution in [0.2, 0.25) is 5.02 Å². The number of nitrogens with zero attached hydrogens (tertiary/aromatic N) is 3. The summed E-state index contributed by atoms with van der Waals surface area (Å²) in [4.78, 5) is 12.3. The van der Waals surface area contributed by atoms with Gasteiger partial charge in [0.1, 0.15) is 0 Å². The standard InChI is InChI=1S/C20H27ClN4OS/c1-3-4-5-6-13-25-18(15-7-9-16(21)10-8-15)23-24-20(25)27-14(2)19(26)22-17-11-12-17/h7-10,14,17H,3-6,11-13H2,1-2H3,(H,22,26). The lowest BCUT2D eigenvalue weighted by atomic mass is 10.2. The smallest absolute Gasteiger partial charge is 0.233 e. The van der Waals surface area contributed by atoms with E-state index < -0.39 is 0 Å². The average molecular weight is 407 g/mol. The normalized spacial score (nSPS) is 14.9. The molecule has 1 aromatic carbocycles. The minimum absolute atomic E-state index is 0.0797. The molecule has 1 fully saturated rings. The molecule has 1 aliphatic rings. The van der Waals surface area contributed by atoms with E-state index in [2.05, 4.69) is 27.0 Å². The van der Waals surface area contributed by atoms with E-state index in [9.17, 15) is 4.79 Å². The number of carbonyl (C=O) groups is 1. The van der Waals surface area contributed by atoms with Crippen LogP contribution < -0.4 is 5.32 Å². The summed E-state index contributed by atoms with van der Waals surface area (Å²) in [5.74, 6) is 0.913. The zero-order chi connectivity index (χ0) is 19.2. The van der Waals surface area contributed by atoms with Crippen molar-refractivity contribution in [2.24, 2.45) is 0 Å². The number of carbonyl (C=O) groups excluding carboxylic acids is 1. The van der Waals surface area contributed by atoms with E-state index in [1.54, 1.807) is 0 Å². The second kappa shape index (κ2) is 9.60. The first-order valence-electron chi connectivity index (χ1n) is 9.74. The summed E-state index contributed by atoms with van der Waals surface area (Å²) in [5, 5.41) is 13.2. The van der Waals surface area contributed by atoms with E-state index in [1.165, 1.54) is 31.0 Å². The van der Waals surface area contributed by atoms with Gasteiger partial charge < -0.3 is 9.88 Å². The molecule has 0 radical (unpaired) electrons. The second-order valence-electron chi connectivity index (χ2n) is 7.07. The predicted molar refractivity (Wildman–Crippen MR) is 111 cm³/mol. The minimum Gasteiger partial charge on any atom is -0.352 e. The van der Waals surface area contributed by atoms with Gasteiger partial charge in [-0.2, -0.15) is 0 Å². The zero-order valence-corrected chi connectivity index (χ0v) is 17.5. The summed E-state index contributed by atoms with van der Waals surface area (Å²) < 4.78 is 2.14. The van der Waals surface area contributed by atoms with E-state index >= 15 is 0 Å². The molecule has 2 aromatic rings. The summed E-state index contributed by atoms with van der Waals surface area (Å²) in [6, 6.07) is 8.04. The Morgan fingerprint density at radius 2 is 2.00 bits per heavy atom. The van der Waals surface area contributed by atoms with Gasteiger partial charge in [-0.05, 0) is 50.5 Å². The highest BCUT2D eigenvalue weighted by Gasteiger charge is 2.27. The highest BCUT2D eigenvalue weighted by molar-refractivity contribution is 8.00. The molecular weight excluding hydrogens is 380 g/mol. The molecular formula is C20H27ClN4OS. The van der Waals surface area contributed by atoms with E-state index in [1.807, 2.05) is 31.2 Å². The van der Waals surface area contributed by atoms with Crippen molar-refractivity contribution >= 4 is 29.3 Å². The van der Waals surface area contributed by atoms with Gasteiger partial charge in [-0.1, -0.05) is 49.5 Å².